The van der Waals surface area contributed by atoms with Crippen LogP contribution in [-0.2, 0) is 34.4 Å². The number of aromatic nitrogens is 1. The summed E-state index contributed by atoms with van der Waals surface area (Å²) < 4.78 is 42.3. The maximum absolute atomic E-state index is 14.9. The summed E-state index contributed by atoms with van der Waals surface area (Å²) in [6.07, 6.45) is 2.95. The standard InChI is InChI=1S/C29H33Cl2FN4O6S/c1-3-5-12-33-27(39)24(37)21(4-2)35-26(38)22-14-18(43(41,42)23-9-7-6-8-19(23)31)16-36(22)28(40)29(10-11-29)25-20(32)13-17(30)15-34-25/h6-9,13,15,18,21-22H,3-5,10-12,14,16H2,1-2H3,(H,33,39)(H,35,38)/t18-,21?,22+/m1/s1. The second-order valence-corrected chi connectivity index (χ2v) is 13.9. The zero-order valence-electron chi connectivity index (χ0n) is 23.7. The van der Waals surface area contributed by atoms with Crippen LogP contribution in [0.15, 0.2) is 41.4 Å². The molecule has 4 rings (SSSR count). The molecule has 1 saturated heterocycles. The van der Waals surface area contributed by atoms with Gasteiger partial charge in [-0.3, -0.25) is 24.2 Å². The van der Waals surface area contributed by atoms with Gasteiger partial charge in [0.2, 0.25) is 17.6 Å². The molecule has 1 aromatic heterocycles. The molecule has 2 aromatic rings. The number of amides is 3. The van der Waals surface area contributed by atoms with Crippen LogP contribution < -0.4 is 10.6 Å². The van der Waals surface area contributed by atoms with Crippen LogP contribution in [0, 0.1) is 5.82 Å². The number of hydrogen-bond acceptors (Lipinski definition) is 7. The lowest BCUT2D eigenvalue weighted by atomic mass is 9.98. The Morgan fingerprint density at radius 1 is 1.16 bits per heavy atom. The molecule has 1 saturated carbocycles. The topological polar surface area (TPSA) is 143 Å². The second-order valence-electron chi connectivity index (χ2n) is 10.8. The molecule has 2 heterocycles. The number of pyridine rings is 1. The number of ketones is 1. The highest BCUT2D eigenvalue weighted by atomic mass is 35.5. The maximum Gasteiger partial charge on any atom is 0.289 e. The fourth-order valence-electron chi connectivity index (χ4n) is 5.31. The summed E-state index contributed by atoms with van der Waals surface area (Å²) in [5.74, 6) is -3.94. The van der Waals surface area contributed by atoms with Crippen molar-refractivity contribution in [3.8, 4) is 0 Å². The Morgan fingerprint density at radius 3 is 2.47 bits per heavy atom. The van der Waals surface area contributed by atoms with Gasteiger partial charge in [0, 0.05) is 19.3 Å². The number of halogens is 3. The van der Waals surface area contributed by atoms with Crippen molar-refractivity contribution in [1.29, 1.82) is 0 Å². The minimum Gasteiger partial charge on any atom is -0.349 e. The van der Waals surface area contributed by atoms with E-state index in [0.717, 1.165) is 17.4 Å². The van der Waals surface area contributed by atoms with E-state index in [4.69, 9.17) is 23.2 Å². The minimum absolute atomic E-state index is 0.00916. The van der Waals surface area contributed by atoms with Gasteiger partial charge < -0.3 is 15.5 Å². The first-order chi connectivity index (χ1) is 20.4. The highest BCUT2D eigenvalue weighted by Gasteiger charge is 2.59. The number of nitrogens with zero attached hydrogens (tertiary/aromatic N) is 2. The van der Waals surface area contributed by atoms with Gasteiger partial charge in [-0.25, -0.2) is 12.8 Å². The Labute approximate surface area is 259 Å². The zero-order valence-corrected chi connectivity index (χ0v) is 26.1. The lowest BCUT2D eigenvalue weighted by molar-refractivity contribution is -0.143. The van der Waals surface area contributed by atoms with Crippen LogP contribution in [0.3, 0.4) is 0 Å². The van der Waals surface area contributed by atoms with Crippen LogP contribution in [0.4, 0.5) is 4.39 Å². The molecule has 0 spiro atoms. The van der Waals surface area contributed by atoms with Gasteiger partial charge in [0.25, 0.3) is 5.91 Å². The first-order valence-corrected chi connectivity index (χ1v) is 16.4. The Balaban J connectivity index is 1.64. The molecule has 0 bridgehead atoms. The second kappa shape index (κ2) is 13.3. The average Bonchev–Trinajstić information content (AvgIpc) is 3.64. The third-order valence-corrected chi connectivity index (χ3v) is 10.7. The number of unbranched alkanes of at least 4 members (excludes halogenated alkanes) is 1. The summed E-state index contributed by atoms with van der Waals surface area (Å²) in [5, 5.41) is 3.88. The number of rotatable bonds is 12. The number of hydrogen-bond donors (Lipinski definition) is 2. The predicted molar refractivity (Wildman–Crippen MR) is 158 cm³/mol. The van der Waals surface area contributed by atoms with Crippen molar-refractivity contribution in [3.05, 3.63) is 58.1 Å². The molecule has 43 heavy (non-hydrogen) atoms. The predicted octanol–water partition coefficient (Wildman–Crippen LogP) is 3.38. The van der Waals surface area contributed by atoms with Gasteiger partial charge in [0.05, 0.1) is 37.3 Å². The van der Waals surface area contributed by atoms with Crippen molar-refractivity contribution in [2.45, 2.75) is 80.0 Å². The van der Waals surface area contributed by atoms with E-state index in [1.807, 2.05) is 6.92 Å². The maximum atomic E-state index is 14.9. The molecule has 1 unspecified atom stereocenters. The van der Waals surface area contributed by atoms with Crippen LogP contribution in [0.1, 0.15) is 58.1 Å². The van der Waals surface area contributed by atoms with E-state index in [2.05, 4.69) is 15.6 Å². The Hall–Kier alpha value is -3.09. The van der Waals surface area contributed by atoms with Crippen LogP contribution in [-0.4, -0.2) is 72.2 Å². The summed E-state index contributed by atoms with van der Waals surface area (Å²) in [4.78, 5) is 58.0. The van der Waals surface area contributed by atoms with Crippen molar-refractivity contribution < 1.29 is 32.0 Å². The van der Waals surface area contributed by atoms with Gasteiger partial charge in [-0.2, -0.15) is 0 Å². The average molecular weight is 656 g/mol. The summed E-state index contributed by atoms with van der Waals surface area (Å²) in [6, 6.07) is 4.37. The largest absolute Gasteiger partial charge is 0.349 e. The molecular formula is C29H33Cl2FN4O6S. The number of carbonyl (C=O) groups is 4. The van der Waals surface area contributed by atoms with Gasteiger partial charge >= 0.3 is 0 Å². The van der Waals surface area contributed by atoms with Crippen LogP contribution in [0.25, 0.3) is 0 Å². The Kier molecular flexibility index (Phi) is 10.1. The lowest BCUT2D eigenvalue weighted by Gasteiger charge is -2.29. The van der Waals surface area contributed by atoms with Crippen molar-refractivity contribution in [2.75, 3.05) is 13.1 Å². The van der Waals surface area contributed by atoms with Crippen molar-refractivity contribution in [2.24, 2.45) is 0 Å². The number of sulfone groups is 1. The molecular weight excluding hydrogens is 622 g/mol. The molecule has 3 atom stereocenters. The third kappa shape index (κ3) is 6.71. The van der Waals surface area contributed by atoms with E-state index in [1.165, 1.54) is 24.4 Å². The fourth-order valence-corrected chi connectivity index (χ4v) is 7.68. The Morgan fingerprint density at radius 2 is 1.86 bits per heavy atom. The van der Waals surface area contributed by atoms with E-state index in [-0.39, 0.29) is 52.9 Å². The molecule has 3 amide bonds. The smallest absolute Gasteiger partial charge is 0.289 e. The molecule has 1 aromatic carbocycles. The molecule has 232 valence electrons. The summed E-state index contributed by atoms with van der Waals surface area (Å²) in [6.45, 7) is 3.47. The van der Waals surface area contributed by atoms with E-state index in [0.29, 0.717) is 13.0 Å². The van der Waals surface area contributed by atoms with E-state index in [1.54, 1.807) is 13.0 Å². The molecule has 0 radical (unpaired) electrons. The molecule has 10 nitrogen and oxygen atoms in total. The number of likely N-dealkylation sites (tertiary alicyclic amines) is 1. The van der Waals surface area contributed by atoms with Gasteiger partial charge in [0.1, 0.15) is 11.9 Å². The molecule has 2 fully saturated rings. The third-order valence-electron chi connectivity index (χ3n) is 7.91. The molecule has 1 aliphatic carbocycles. The number of nitrogens with one attached hydrogen (secondary N) is 2. The summed E-state index contributed by atoms with van der Waals surface area (Å²) >= 11 is 12.1. The lowest BCUT2D eigenvalue weighted by Crippen LogP contribution is -2.54. The zero-order chi connectivity index (χ0) is 31.5. The van der Waals surface area contributed by atoms with Gasteiger partial charge in [-0.1, -0.05) is 55.6 Å². The number of benzene rings is 1. The highest BCUT2D eigenvalue weighted by Crippen LogP contribution is 2.51. The van der Waals surface area contributed by atoms with Crippen LogP contribution in [0.2, 0.25) is 10.0 Å². The normalized spacial score (nSPS) is 19.9. The van der Waals surface area contributed by atoms with Crippen molar-refractivity contribution in [1.82, 2.24) is 20.5 Å². The summed E-state index contributed by atoms with van der Waals surface area (Å²) in [7, 11) is -4.13. The molecule has 14 heteroatoms. The quantitative estimate of drug-likeness (QED) is 0.264. The molecule has 2 aliphatic rings. The van der Waals surface area contributed by atoms with Gasteiger partial charge in [0.15, 0.2) is 9.84 Å². The Bertz CT molecular complexity index is 1530. The van der Waals surface area contributed by atoms with Crippen LogP contribution >= 0.6 is 23.2 Å². The highest BCUT2D eigenvalue weighted by molar-refractivity contribution is 7.92. The van der Waals surface area contributed by atoms with Crippen molar-refractivity contribution in [3.63, 3.8) is 0 Å². The summed E-state index contributed by atoms with van der Waals surface area (Å²) in [5.41, 5.74) is -1.53. The SMILES string of the molecule is CCCCNC(=O)C(=O)C(CC)NC(=O)[C@@H]1C[C@@H](S(=O)(=O)c2ccccc2Cl)CN1C(=O)C1(c2ncc(Cl)cc2F)CC1. The van der Waals surface area contributed by atoms with Crippen LogP contribution in [0.5, 0.6) is 0 Å². The minimum atomic E-state index is -4.13. The van der Waals surface area contributed by atoms with E-state index in [9.17, 15) is 32.0 Å². The van der Waals surface area contributed by atoms with Gasteiger partial charge in [-0.05, 0) is 50.3 Å². The molecule has 1 aliphatic heterocycles. The number of Topliss-reactive ketones (excluding diaryl/α,β-unsaturated/α-hetero) is 1. The van der Waals surface area contributed by atoms with E-state index >= 15 is 0 Å². The monoisotopic (exact) mass is 654 g/mol. The molecule has 2 N–H and O–H groups in total. The first kappa shape index (κ1) is 32.8. The number of carbonyl (C=O) groups excluding carboxylic acids is 4. The van der Waals surface area contributed by atoms with E-state index < -0.39 is 61.9 Å². The van der Waals surface area contributed by atoms with Gasteiger partial charge in [-0.15, -0.1) is 0 Å². The first-order valence-electron chi connectivity index (χ1n) is 14.1. The van der Waals surface area contributed by atoms with Crippen molar-refractivity contribution >= 4 is 56.5 Å². The fraction of sp³-hybridized carbons (Fsp3) is 0.483.